The highest BCUT2D eigenvalue weighted by atomic mass is 32.1. The maximum atomic E-state index is 3.54. The Morgan fingerprint density at radius 1 is 1.41 bits per heavy atom. The maximum Gasteiger partial charge on any atom is 0.0300 e. The minimum absolute atomic E-state index is 0.773. The molecule has 3 heteroatoms. The molecule has 2 atom stereocenters. The van der Waals surface area contributed by atoms with Crippen molar-refractivity contribution in [3.8, 4) is 0 Å². The molecule has 1 aliphatic heterocycles. The molecule has 17 heavy (non-hydrogen) atoms. The van der Waals surface area contributed by atoms with Gasteiger partial charge in [-0.3, -0.25) is 4.90 Å². The summed E-state index contributed by atoms with van der Waals surface area (Å²) in [5.41, 5.74) is 0. The average Bonchev–Trinajstić information content (AvgIpc) is 2.82. The van der Waals surface area contributed by atoms with Gasteiger partial charge >= 0.3 is 0 Å². The zero-order valence-corrected chi connectivity index (χ0v) is 11.8. The fourth-order valence-corrected chi connectivity index (χ4v) is 3.21. The molecule has 1 aromatic rings. The Balaban J connectivity index is 1.64. The summed E-state index contributed by atoms with van der Waals surface area (Å²) < 4.78 is 0. The van der Waals surface area contributed by atoms with E-state index < -0.39 is 0 Å². The first-order chi connectivity index (χ1) is 8.25. The van der Waals surface area contributed by atoms with E-state index in [-0.39, 0.29) is 0 Å². The number of likely N-dealkylation sites (tertiary alicyclic amines) is 1. The molecule has 0 spiro atoms. The summed E-state index contributed by atoms with van der Waals surface area (Å²) in [5, 5.41) is 5.68. The molecule has 0 saturated carbocycles. The van der Waals surface area contributed by atoms with Crippen molar-refractivity contribution >= 4 is 11.3 Å². The van der Waals surface area contributed by atoms with E-state index in [0.29, 0.717) is 0 Å². The molecule has 1 aliphatic rings. The standard InChI is InChI=1S/C14H24N2S/c1-12-5-6-13(2)16(11-12)8-7-15-10-14-4-3-9-17-14/h3-4,9,12-13,15H,5-8,10-11H2,1-2H3. The van der Waals surface area contributed by atoms with Crippen LogP contribution in [0, 0.1) is 5.92 Å². The second-order valence-electron chi connectivity index (χ2n) is 5.28. The molecule has 2 rings (SSSR count). The molecule has 1 fully saturated rings. The normalized spacial score (nSPS) is 26.2. The Bertz CT molecular complexity index is 310. The molecule has 1 N–H and O–H groups in total. The van der Waals surface area contributed by atoms with Gasteiger partial charge < -0.3 is 5.32 Å². The van der Waals surface area contributed by atoms with Crippen molar-refractivity contribution in [2.75, 3.05) is 19.6 Å². The van der Waals surface area contributed by atoms with E-state index in [2.05, 4.69) is 41.6 Å². The first-order valence-electron chi connectivity index (χ1n) is 6.73. The van der Waals surface area contributed by atoms with E-state index in [1.165, 1.54) is 30.8 Å². The van der Waals surface area contributed by atoms with Gasteiger partial charge in [0.1, 0.15) is 0 Å². The van der Waals surface area contributed by atoms with Crippen LogP contribution in [0.1, 0.15) is 31.6 Å². The highest BCUT2D eigenvalue weighted by molar-refractivity contribution is 7.09. The van der Waals surface area contributed by atoms with Crippen LogP contribution in [0.15, 0.2) is 17.5 Å². The van der Waals surface area contributed by atoms with Crippen LogP contribution < -0.4 is 5.32 Å². The van der Waals surface area contributed by atoms with E-state index in [9.17, 15) is 0 Å². The predicted octanol–water partition coefficient (Wildman–Crippen LogP) is 2.96. The molecule has 2 nitrogen and oxygen atoms in total. The highest BCUT2D eigenvalue weighted by Crippen LogP contribution is 2.20. The van der Waals surface area contributed by atoms with Crippen molar-refractivity contribution in [2.24, 2.45) is 5.92 Å². The summed E-state index contributed by atoms with van der Waals surface area (Å²) in [6.07, 6.45) is 2.77. The smallest absolute Gasteiger partial charge is 0.0300 e. The monoisotopic (exact) mass is 252 g/mol. The van der Waals surface area contributed by atoms with Gasteiger partial charge in [0.2, 0.25) is 0 Å². The van der Waals surface area contributed by atoms with Crippen LogP contribution in [0.2, 0.25) is 0 Å². The van der Waals surface area contributed by atoms with Gasteiger partial charge in [0.05, 0.1) is 0 Å². The van der Waals surface area contributed by atoms with Gasteiger partial charge in [-0.05, 0) is 37.1 Å². The molecular formula is C14H24N2S. The molecule has 2 unspecified atom stereocenters. The molecule has 0 radical (unpaired) electrons. The molecule has 96 valence electrons. The number of hydrogen-bond donors (Lipinski definition) is 1. The maximum absolute atomic E-state index is 3.54. The molecule has 2 heterocycles. The van der Waals surface area contributed by atoms with Crippen molar-refractivity contribution in [2.45, 2.75) is 39.3 Å². The zero-order valence-electron chi connectivity index (χ0n) is 11.0. The first kappa shape index (κ1) is 13.1. The Kier molecular flexibility index (Phi) is 5.01. The molecular weight excluding hydrogens is 228 g/mol. The summed E-state index contributed by atoms with van der Waals surface area (Å²) in [5.74, 6) is 0.878. The molecule has 0 aliphatic carbocycles. The van der Waals surface area contributed by atoms with Crippen LogP contribution in [0.3, 0.4) is 0 Å². The minimum Gasteiger partial charge on any atom is -0.311 e. The summed E-state index contributed by atoms with van der Waals surface area (Å²) in [4.78, 5) is 4.07. The van der Waals surface area contributed by atoms with Crippen molar-refractivity contribution in [3.63, 3.8) is 0 Å². The summed E-state index contributed by atoms with van der Waals surface area (Å²) in [7, 11) is 0. The van der Waals surface area contributed by atoms with E-state index in [1.54, 1.807) is 0 Å². The lowest BCUT2D eigenvalue weighted by Crippen LogP contribution is -2.44. The number of nitrogens with zero attached hydrogens (tertiary/aromatic N) is 1. The lowest BCUT2D eigenvalue weighted by atomic mass is 9.95. The Morgan fingerprint density at radius 3 is 3.06 bits per heavy atom. The second-order valence-corrected chi connectivity index (χ2v) is 6.31. The molecule has 0 bridgehead atoms. The van der Waals surface area contributed by atoms with Crippen LogP contribution in [0.5, 0.6) is 0 Å². The lowest BCUT2D eigenvalue weighted by Gasteiger charge is -2.36. The topological polar surface area (TPSA) is 15.3 Å². The minimum atomic E-state index is 0.773. The SMILES string of the molecule is CC1CCC(C)N(CCNCc2cccs2)C1. The third kappa shape index (κ3) is 4.09. The molecule has 1 saturated heterocycles. The van der Waals surface area contributed by atoms with Gasteiger partial charge in [0.25, 0.3) is 0 Å². The van der Waals surface area contributed by atoms with Gasteiger partial charge in [0.15, 0.2) is 0 Å². The van der Waals surface area contributed by atoms with Crippen molar-refractivity contribution in [1.29, 1.82) is 0 Å². The van der Waals surface area contributed by atoms with Crippen molar-refractivity contribution < 1.29 is 0 Å². The van der Waals surface area contributed by atoms with Crippen molar-refractivity contribution in [3.05, 3.63) is 22.4 Å². The van der Waals surface area contributed by atoms with Crippen LogP contribution in [-0.4, -0.2) is 30.6 Å². The van der Waals surface area contributed by atoms with E-state index in [1.807, 2.05) is 11.3 Å². The third-order valence-electron chi connectivity index (χ3n) is 3.70. The Morgan fingerprint density at radius 2 is 2.29 bits per heavy atom. The van der Waals surface area contributed by atoms with Gasteiger partial charge in [-0.1, -0.05) is 13.0 Å². The molecule has 0 aromatic carbocycles. The quantitative estimate of drug-likeness (QED) is 0.811. The first-order valence-corrected chi connectivity index (χ1v) is 7.61. The number of nitrogens with one attached hydrogen (secondary N) is 1. The van der Waals surface area contributed by atoms with E-state index in [0.717, 1.165) is 25.0 Å². The summed E-state index contributed by atoms with van der Waals surface area (Å²) in [6, 6.07) is 5.09. The van der Waals surface area contributed by atoms with Crippen LogP contribution in [0.25, 0.3) is 0 Å². The van der Waals surface area contributed by atoms with Gasteiger partial charge in [-0.2, -0.15) is 0 Å². The summed E-state index contributed by atoms with van der Waals surface area (Å²) in [6.45, 7) is 9.34. The fraction of sp³-hybridized carbons (Fsp3) is 0.714. The van der Waals surface area contributed by atoms with Gasteiger partial charge in [0, 0.05) is 37.1 Å². The van der Waals surface area contributed by atoms with Gasteiger partial charge in [-0.25, -0.2) is 0 Å². The number of thiophene rings is 1. The number of piperidine rings is 1. The number of rotatable bonds is 5. The second kappa shape index (κ2) is 6.53. The Hall–Kier alpha value is -0.380. The lowest BCUT2D eigenvalue weighted by molar-refractivity contribution is 0.126. The molecule has 0 amide bonds. The fourth-order valence-electron chi connectivity index (χ4n) is 2.54. The third-order valence-corrected chi connectivity index (χ3v) is 4.58. The Labute approximate surface area is 109 Å². The van der Waals surface area contributed by atoms with Crippen LogP contribution in [0.4, 0.5) is 0 Å². The highest BCUT2D eigenvalue weighted by Gasteiger charge is 2.21. The van der Waals surface area contributed by atoms with Crippen LogP contribution in [-0.2, 0) is 6.54 Å². The average molecular weight is 252 g/mol. The van der Waals surface area contributed by atoms with Crippen LogP contribution >= 0.6 is 11.3 Å². The summed E-state index contributed by atoms with van der Waals surface area (Å²) >= 11 is 1.83. The van der Waals surface area contributed by atoms with Crippen molar-refractivity contribution in [1.82, 2.24) is 10.2 Å². The molecule has 1 aromatic heterocycles. The predicted molar refractivity (Wildman–Crippen MR) is 75.5 cm³/mol. The van der Waals surface area contributed by atoms with E-state index >= 15 is 0 Å². The largest absolute Gasteiger partial charge is 0.311 e. The van der Waals surface area contributed by atoms with Gasteiger partial charge in [-0.15, -0.1) is 11.3 Å². The van der Waals surface area contributed by atoms with E-state index in [4.69, 9.17) is 0 Å². The number of hydrogen-bond acceptors (Lipinski definition) is 3. The zero-order chi connectivity index (χ0) is 12.1.